The van der Waals surface area contributed by atoms with Crippen LogP contribution in [-0.2, 0) is 6.42 Å². The first-order valence-corrected chi connectivity index (χ1v) is 7.49. The van der Waals surface area contributed by atoms with E-state index >= 15 is 0 Å². The van der Waals surface area contributed by atoms with E-state index in [0.717, 1.165) is 18.8 Å². The van der Waals surface area contributed by atoms with E-state index in [2.05, 4.69) is 19.1 Å². The van der Waals surface area contributed by atoms with Gasteiger partial charge in [-0.2, -0.15) is 0 Å². The SMILES string of the molecule is CCC1CCC(CN)(C(C)(O)Cc2ccccc2)C1. The first kappa shape index (κ1) is 14.5. The van der Waals surface area contributed by atoms with Gasteiger partial charge in [-0.3, -0.25) is 0 Å². The Bertz CT molecular complexity index is 401. The lowest BCUT2D eigenvalue weighted by molar-refractivity contribution is -0.0646. The van der Waals surface area contributed by atoms with Crippen molar-refractivity contribution in [2.24, 2.45) is 17.1 Å². The zero-order chi connectivity index (χ0) is 13.9. The van der Waals surface area contributed by atoms with E-state index in [9.17, 15) is 5.11 Å². The summed E-state index contributed by atoms with van der Waals surface area (Å²) in [6, 6.07) is 10.3. The minimum atomic E-state index is -0.715. The lowest BCUT2D eigenvalue weighted by Gasteiger charge is -2.43. The normalized spacial score (nSPS) is 30.2. The van der Waals surface area contributed by atoms with Crippen molar-refractivity contribution in [3.05, 3.63) is 35.9 Å². The highest BCUT2D eigenvalue weighted by Crippen LogP contribution is 2.50. The molecule has 1 aromatic carbocycles. The highest BCUT2D eigenvalue weighted by molar-refractivity contribution is 5.19. The minimum absolute atomic E-state index is 0.108. The van der Waals surface area contributed by atoms with Crippen LogP contribution >= 0.6 is 0 Å². The van der Waals surface area contributed by atoms with Crippen molar-refractivity contribution in [3.63, 3.8) is 0 Å². The van der Waals surface area contributed by atoms with E-state index in [1.165, 1.54) is 18.4 Å². The van der Waals surface area contributed by atoms with Gasteiger partial charge in [-0.25, -0.2) is 0 Å². The van der Waals surface area contributed by atoms with Gasteiger partial charge in [0.05, 0.1) is 5.60 Å². The van der Waals surface area contributed by atoms with E-state index in [1.54, 1.807) is 0 Å². The van der Waals surface area contributed by atoms with Crippen LogP contribution in [0.3, 0.4) is 0 Å². The Morgan fingerprint density at radius 2 is 2.05 bits per heavy atom. The van der Waals surface area contributed by atoms with Gasteiger partial charge in [0.1, 0.15) is 0 Å². The number of aliphatic hydroxyl groups is 1. The zero-order valence-electron chi connectivity index (χ0n) is 12.2. The summed E-state index contributed by atoms with van der Waals surface area (Å²) in [5.41, 5.74) is 6.44. The second-order valence-corrected chi connectivity index (χ2v) is 6.44. The third-order valence-corrected chi connectivity index (χ3v) is 5.21. The Morgan fingerprint density at radius 1 is 1.37 bits per heavy atom. The van der Waals surface area contributed by atoms with Crippen molar-refractivity contribution in [3.8, 4) is 0 Å². The molecule has 2 rings (SSSR count). The molecule has 1 aliphatic carbocycles. The van der Waals surface area contributed by atoms with Gasteiger partial charge in [0.25, 0.3) is 0 Å². The Balaban J connectivity index is 2.17. The van der Waals surface area contributed by atoms with Gasteiger partial charge in [-0.05, 0) is 37.7 Å². The monoisotopic (exact) mass is 261 g/mol. The molecule has 0 amide bonds. The fraction of sp³-hybridized carbons (Fsp3) is 0.647. The molecule has 3 atom stereocenters. The maximum Gasteiger partial charge on any atom is 0.0728 e. The second kappa shape index (κ2) is 5.64. The molecule has 0 radical (unpaired) electrons. The topological polar surface area (TPSA) is 46.2 Å². The molecule has 1 saturated carbocycles. The Kier molecular flexibility index (Phi) is 4.32. The van der Waals surface area contributed by atoms with Crippen molar-refractivity contribution in [1.82, 2.24) is 0 Å². The average molecular weight is 261 g/mol. The van der Waals surface area contributed by atoms with Crippen molar-refractivity contribution < 1.29 is 5.11 Å². The zero-order valence-corrected chi connectivity index (χ0v) is 12.2. The molecule has 1 fully saturated rings. The number of nitrogens with two attached hydrogens (primary N) is 1. The molecular formula is C17H27NO. The molecule has 106 valence electrons. The van der Waals surface area contributed by atoms with Crippen LogP contribution in [-0.4, -0.2) is 17.3 Å². The maximum absolute atomic E-state index is 11.1. The molecule has 3 N–H and O–H groups in total. The van der Waals surface area contributed by atoms with Crippen LogP contribution in [0.4, 0.5) is 0 Å². The third-order valence-electron chi connectivity index (χ3n) is 5.21. The van der Waals surface area contributed by atoms with Crippen LogP contribution in [0.15, 0.2) is 30.3 Å². The van der Waals surface area contributed by atoms with E-state index in [1.807, 2.05) is 25.1 Å². The lowest BCUT2D eigenvalue weighted by Crippen LogP contribution is -2.50. The second-order valence-electron chi connectivity index (χ2n) is 6.44. The van der Waals surface area contributed by atoms with Gasteiger partial charge in [0.2, 0.25) is 0 Å². The minimum Gasteiger partial charge on any atom is -0.389 e. The third kappa shape index (κ3) is 2.85. The van der Waals surface area contributed by atoms with E-state index < -0.39 is 5.60 Å². The van der Waals surface area contributed by atoms with Crippen molar-refractivity contribution in [1.29, 1.82) is 0 Å². The van der Waals surface area contributed by atoms with Crippen molar-refractivity contribution in [2.45, 2.75) is 51.6 Å². The summed E-state index contributed by atoms with van der Waals surface area (Å²) in [5, 5.41) is 11.1. The highest BCUT2D eigenvalue weighted by atomic mass is 16.3. The Hall–Kier alpha value is -0.860. The van der Waals surface area contributed by atoms with Gasteiger partial charge in [0, 0.05) is 18.4 Å². The molecule has 1 aromatic rings. The first-order chi connectivity index (χ1) is 9.03. The number of hydrogen-bond donors (Lipinski definition) is 2. The predicted octanol–water partition coefficient (Wildman–Crippen LogP) is 3.14. The number of hydrogen-bond acceptors (Lipinski definition) is 2. The standard InChI is InChI=1S/C17H27NO/c1-3-14-9-10-17(12-14,13-18)16(2,19)11-15-7-5-4-6-8-15/h4-8,14,19H,3,9-13,18H2,1-2H3. The molecule has 3 unspecified atom stereocenters. The molecule has 0 heterocycles. The molecule has 19 heavy (non-hydrogen) atoms. The van der Waals surface area contributed by atoms with Gasteiger partial charge in [-0.1, -0.05) is 43.7 Å². The molecule has 1 aliphatic rings. The van der Waals surface area contributed by atoms with Crippen LogP contribution in [0.1, 0.15) is 45.1 Å². The Morgan fingerprint density at radius 3 is 2.58 bits per heavy atom. The highest BCUT2D eigenvalue weighted by Gasteiger charge is 2.49. The largest absolute Gasteiger partial charge is 0.389 e. The first-order valence-electron chi connectivity index (χ1n) is 7.49. The summed E-state index contributed by atoms with van der Waals surface area (Å²) in [6.07, 6.45) is 5.23. The van der Waals surface area contributed by atoms with E-state index in [4.69, 9.17) is 5.73 Å². The molecule has 0 spiro atoms. The average Bonchev–Trinajstić information content (AvgIpc) is 2.85. The lowest BCUT2D eigenvalue weighted by atomic mass is 9.68. The summed E-state index contributed by atoms with van der Waals surface area (Å²) >= 11 is 0. The summed E-state index contributed by atoms with van der Waals surface area (Å²) in [6.45, 7) is 4.80. The molecule has 0 bridgehead atoms. The predicted molar refractivity (Wildman–Crippen MR) is 79.9 cm³/mol. The van der Waals surface area contributed by atoms with Gasteiger partial charge >= 0.3 is 0 Å². The van der Waals surface area contributed by atoms with E-state index in [-0.39, 0.29) is 5.41 Å². The van der Waals surface area contributed by atoms with Crippen LogP contribution in [0.25, 0.3) is 0 Å². The molecule has 2 nitrogen and oxygen atoms in total. The van der Waals surface area contributed by atoms with E-state index in [0.29, 0.717) is 13.0 Å². The summed E-state index contributed by atoms with van der Waals surface area (Å²) < 4.78 is 0. The van der Waals surface area contributed by atoms with Crippen LogP contribution in [0, 0.1) is 11.3 Å². The molecule has 0 aliphatic heterocycles. The van der Waals surface area contributed by atoms with Gasteiger partial charge in [-0.15, -0.1) is 0 Å². The summed E-state index contributed by atoms with van der Waals surface area (Å²) in [5.74, 6) is 0.728. The molecule has 2 heteroatoms. The fourth-order valence-electron chi connectivity index (χ4n) is 3.66. The quantitative estimate of drug-likeness (QED) is 0.855. The van der Waals surface area contributed by atoms with Crippen LogP contribution < -0.4 is 5.73 Å². The molecular weight excluding hydrogens is 234 g/mol. The molecule has 0 aromatic heterocycles. The number of benzene rings is 1. The smallest absolute Gasteiger partial charge is 0.0728 e. The van der Waals surface area contributed by atoms with Crippen LogP contribution in [0.5, 0.6) is 0 Å². The maximum atomic E-state index is 11.1. The van der Waals surface area contributed by atoms with Gasteiger partial charge < -0.3 is 10.8 Å². The summed E-state index contributed by atoms with van der Waals surface area (Å²) in [4.78, 5) is 0. The number of rotatable bonds is 5. The molecule has 0 saturated heterocycles. The van der Waals surface area contributed by atoms with Crippen molar-refractivity contribution in [2.75, 3.05) is 6.54 Å². The van der Waals surface area contributed by atoms with Crippen LogP contribution in [0.2, 0.25) is 0 Å². The van der Waals surface area contributed by atoms with Crippen molar-refractivity contribution >= 4 is 0 Å². The fourth-order valence-corrected chi connectivity index (χ4v) is 3.66. The van der Waals surface area contributed by atoms with Gasteiger partial charge in [0.15, 0.2) is 0 Å². The Labute approximate surface area is 117 Å². The summed E-state index contributed by atoms with van der Waals surface area (Å²) in [7, 11) is 0.